The molecule has 0 bridgehead atoms. The number of ether oxygens (including phenoxy) is 2. The third kappa shape index (κ3) is 5.25. The topological polar surface area (TPSA) is 90.7 Å². The lowest BCUT2D eigenvalue weighted by molar-refractivity contribution is -0.115. The van der Waals surface area contributed by atoms with Crippen LogP contribution in [0.3, 0.4) is 0 Å². The number of aryl methyl sites for hydroxylation is 2. The van der Waals surface area contributed by atoms with Gasteiger partial charge in [0.05, 0.1) is 36.0 Å². The van der Waals surface area contributed by atoms with Gasteiger partial charge in [-0.2, -0.15) is 0 Å². The lowest BCUT2D eigenvalue weighted by Crippen LogP contribution is -2.16. The zero-order chi connectivity index (χ0) is 22.5. The Kier molecular flexibility index (Phi) is 6.64. The molecule has 7 nitrogen and oxygen atoms in total. The van der Waals surface area contributed by atoms with Gasteiger partial charge in [-0.1, -0.05) is 17.3 Å². The Bertz CT molecular complexity index is 1090. The van der Waals surface area contributed by atoms with Crippen LogP contribution in [-0.2, 0) is 22.6 Å². The van der Waals surface area contributed by atoms with Crippen molar-refractivity contribution >= 4 is 17.6 Å². The summed E-state index contributed by atoms with van der Waals surface area (Å²) in [6.45, 7) is 3.93. The minimum absolute atomic E-state index is 0.0610. The van der Waals surface area contributed by atoms with E-state index in [1.54, 1.807) is 31.2 Å². The molecule has 0 radical (unpaired) electrons. The van der Waals surface area contributed by atoms with E-state index in [2.05, 4.69) is 15.2 Å². The molecule has 162 valence electrons. The van der Waals surface area contributed by atoms with Gasteiger partial charge in [0.2, 0.25) is 5.91 Å². The summed E-state index contributed by atoms with van der Waals surface area (Å²) in [5.41, 5.74) is 1.49. The molecule has 0 aliphatic heterocycles. The molecule has 0 unspecified atom stereocenters. The summed E-state index contributed by atoms with van der Waals surface area (Å²) < 4.78 is 42.9. The van der Waals surface area contributed by atoms with Crippen LogP contribution in [-0.4, -0.2) is 24.1 Å². The number of rotatable bonds is 7. The second-order valence-corrected chi connectivity index (χ2v) is 6.76. The highest BCUT2D eigenvalue weighted by atomic mass is 19.1. The lowest BCUT2D eigenvalue weighted by atomic mass is 10.1. The highest BCUT2D eigenvalue weighted by Gasteiger charge is 2.18. The van der Waals surface area contributed by atoms with Gasteiger partial charge in [0.15, 0.2) is 0 Å². The Morgan fingerprint density at radius 3 is 2.42 bits per heavy atom. The summed E-state index contributed by atoms with van der Waals surface area (Å²) in [6, 6.07) is 8.22. The Hall–Kier alpha value is -3.75. The van der Waals surface area contributed by atoms with Crippen molar-refractivity contribution < 1.29 is 32.4 Å². The van der Waals surface area contributed by atoms with Crippen molar-refractivity contribution in [1.82, 2.24) is 5.16 Å². The van der Waals surface area contributed by atoms with E-state index in [1.165, 1.54) is 0 Å². The van der Waals surface area contributed by atoms with Gasteiger partial charge in [0.1, 0.15) is 29.8 Å². The number of benzene rings is 2. The summed E-state index contributed by atoms with van der Waals surface area (Å²) in [5, 5.41) is 6.21. The smallest absolute Gasteiger partial charge is 0.340 e. The Balaban J connectivity index is 1.61. The van der Waals surface area contributed by atoms with E-state index in [9.17, 15) is 18.4 Å². The average molecular weight is 430 g/mol. The number of anilines is 1. The van der Waals surface area contributed by atoms with Gasteiger partial charge >= 0.3 is 5.97 Å². The molecule has 31 heavy (non-hydrogen) atoms. The number of methoxy groups -OCH3 is 1. The molecular weight excluding hydrogens is 410 g/mol. The van der Waals surface area contributed by atoms with Crippen molar-refractivity contribution in [2.75, 3.05) is 12.4 Å². The fraction of sp³-hybridized carbons (Fsp3) is 0.227. The number of hydrogen-bond donors (Lipinski definition) is 1. The van der Waals surface area contributed by atoms with Crippen molar-refractivity contribution in [3.8, 4) is 5.75 Å². The van der Waals surface area contributed by atoms with E-state index < -0.39 is 29.1 Å². The average Bonchev–Trinajstić information content (AvgIpc) is 3.06. The van der Waals surface area contributed by atoms with Gasteiger partial charge in [-0.15, -0.1) is 0 Å². The zero-order valence-electron chi connectivity index (χ0n) is 17.1. The van der Waals surface area contributed by atoms with Crippen LogP contribution in [0.2, 0.25) is 0 Å². The molecule has 0 fully saturated rings. The van der Waals surface area contributed by atoms with Crippen LogP contribution in [0.4, 0.5) is 14.5 Å². The Labute approximate surface area is 176 Å². The maximum Gasteiger partial charge on any atom is 0.340 e. The maximum absolute atomic E-state index is 14.0. The van der Waals surface area contributed by atoms with Crippen LogP contribution < -0.4 is 10.1 Å². The van der Waals surface area contributed by atoms with E-state index in [4.69, 9.17) is 9.26 Å². The van der Waals surface area contributed by atoms with Gasteiger partial charge in [-0.3, -0.25) is 4.79 Å². The van der Waals surface area contributed by atoms with Crippen molar-refractivity contribution in [2.45, 2.75) is 26.9 Å². The number of nitrogens with zero attached hydrogens (tertiary/aromatic N) is 1. The van der Waals surface area contributed by atoms with Crippen molar-refractivity contribution in [3.63, 3.8) is 0 Å². The largest absolute Gasteiger partial charge is 0.489 e. The van der Waals surface area contributed by atoms with Crippen LogP contribution >= 0.6 is 0 Å². The molecule has 3 aromatic rings. The number of carbonyl (C=O) groups is 2. The van der Waals surface area contributed by atoms with E-state index in [0.29, 0.717) is 29.7 Å². The number of esters is 1. The molecule has 1 heterocycles. The first kappa shape index (κ1) is 21.9. The van der Waals surface area contributed by atoms with Crippen LogP contribution in [0.5, 0.6) is 5.75 Å². The number of nitrogens with one attached hydrogen (secondary N) is 1. The third-order valence-electron chi connectivity index (χ3n) is 4.59. The van der Waals surface area contributed by atoms with E-state index in [-0.39, 0.29) is 12.1 Å². The summed E-state index contributed by atoms with van der Waals surface area (Å²) in [5.74, 6) is -2.30. The van der Waals surface area contributed by atoms with Gasteiger partial charge in [-0.25, -0.2) is 13.6 Å². The van der Waals surface area contributed by atoms with E-state index in [0.717, 1.165) is 24.4 Å². The number of amides is 1. The van der Waals surface area contributed by atoms with Gasteiger partial charge < -0.3 is 19.3 Å². The molecule has 3 rings (SSSR count). The molecule has 0 saturated heterocycles. The fourth-order valence-corrected chi connectivity index (χ4v) is 2.86. The molecule has 0 atom stereocenters. The SMILES string of the molecule is COC(=O)c1cc(NC(=O)Cc2ccc(OCc3c(C)noc3C)cc2)c(F)cc1F. The molecule has 0 saturated carbocycles. The number of hydrogen-bond acceptors (Lipinski definition) is 6. The van der Waals surface area contributed by atoms with Gasteiger partial charge in [-0.05, 0) is 37.6 Å². The Morgan fingerprint density at radius 2 is 1.81 bits per heavy atom. The van der Waals surface area contributed by atoms with Crippen LogP contribution in [0.25, 0.3) is 0 Å². The molecule has 1 aromatic heterocycles. The maximum atomic E-state index is 14.0. The number of carbonyl (C=O) groups excluding carboxylic acids is 2. The van der Waals surface area contributed by atoms with Crippen molar-refractivity contribution in [3.05, 3.63) is 76.2 Å². The van der Waals surface area contributed by atoms with Crippen LogP contribution in [0.1, 0.15) is 32.9 Å². The first-order valence-corrected chi connectivity index (χ1v) is 9.29. The van der Waals surface area contributed by atoms with Gasteiger partial charge in [0.25, 0.3) is 0 Å². The lowest BCUT2D eigenvalue weighted by Gasteiger charge is -2.10. The van der Waals surface area contributed by atoms with Crippen LogP contribution in [0, 0.1) is 25.5 Å². The standard InChI is InChI=1S/C22H20F2N2O5/c1-12-17(13(2)31-26-12)11-30-15-6-4-14(5-7-15)8-21(27)25-20-9-16(22(28)29-3)18(23)10-19(20)24/h4-7,9-10H,8,11H2,1-3H3,(H,25,27). The quantitative estimate of drug-likeness (QED) is 0.567. The minimum Gasteiger partial charge on any atom is -0.489 e. The highest BCUT2D eigenvalue weighted by Crippen LogP contribution is 2.21. The highest BCUT2D eigenvalue weighted by molar-refractivity contribution is 5.95. The Morgan fingerprint density at radius 1 is 1.10 bits per heavy atom. The zero-order valence-corrected chi connectivity index (χ0v) is 17.1. The minimum atomic E-state index is -1.07. The molecular formula is C22H20F2N2O5. The molecule has 2 aromatic carbocycles. The molecule has 1 amide bonds. The predicted molar refractivity (Wildman–Crippen MR) is 107 cm³/mol. The summed E-state index contributed by atoms with van der Waals surface area (Å²) in [7, 11) is 1.07. The van der Waals surface area contributed by atoms with E-state index in [1.807, 2.05) is 6.92 Å². The molecule has 0 spiro atoms. The van der Waals surface area contributed by atoms with Crippen molar-refractivity contribution in [2.24, 2.45) is 0 Å². The molecule has 9 heteroatoms. The first-order valence-electron chi connectivity index (χ1n) is 9.29. The molecule has 0 aliphatic rings. The summed E-state index contributed by atoms with van der Waals surface area (Å²) in [6.07, 6.45) is -0.0610. The second-order valence-electron chi connectivity index (χ2n) is 6.76. The third-order valence-corrected chi connectivity index (χ3v) is 4.59. The number of aromatic nitrogens is 1. The molecule has 1 N–H and O–H groups in total. The molecule has 0 aliphatic carbocycles. The summed E-state index contributed by atoms with van der Waals surface area (Å²) >= 11 is 0. The second kappa shape index (κ2) is 9.38. The van der Waals surface area contributed by atoms with Gasteiger partial charge in [0, 0.05) is 6.07 Å². The van der Waals surface area contributed by atoms with E-state index >= 15 is 0 Å². The summed E-state index contributed by atoms with van der Waals surface area (Å²) in [4.78, 5) is 23.8. The number of halogens is 2. The van der Waals surface area contributed by atoms with Crippen molar-refractivity contribution in [1.29, 1.82) is 0 Å². The normalized spacial score (nSPS) is 10.6. The monoisotopic (exact) mass is 430 g/mol. The first-order chi connectivity index (χ1) is 14.8. The predicted octanol–water partition coefficient (Wildman–Crippen LogP) is 4.12. The van der Waals surface area contributed by atoms with Crippen LogP contribution in [0.15, 0.2) is 40.9 Å². The fourth-order valence-electron chi connectivity index (χ4n) is 2.86.